The molecule has 0 fully saturated rings. The van der Waals surface area contributed by atoms with Gasteiger partial charge in [-0.2, -0.15) is 0 Å². The van der Waals surface area contributed by atoms with Crippen LogP contribution < -0.4 is 14.8 Å². The molecule has 2 aromatic heterocycles. The molecule has 0 spiro atoms. The van der Waals surface area contributed by atoms with Crippen molar-refractivity contribution in [3.8, 4) is 34.4 Å². The SMILES string of the molecule is COc1ccc(NC=Cc2c([N+](=O)[O-])c3ccc(O)cc3n2-c2ccc(C)cc2)cc1.COc1ccccc1-n1c(C)c([N+](=O)[O-])c2ccc(O)cc21. The van der Waals surface area contributed by atoms with Crippen molar-refractivity contribution >= 4 is 44.9 Å². The maximum atomic E-state index is 12.0. The highest BCUT2D eigenvalue weighted by atomic mass is 16.6. The van der Waals surface area contributed by atoms with Crippen molar-refractivity contribution in [3.05, 3.63) is 153 Å². The van der Waals surface area contributed by atoms with E-state index in [1.165, 1.54) is 24.3 Å². The molecule has 0 aliphatic rings. The molecule has 0 aliphatic carbocycles. The lowest BCUT2D eigenvalue weighted by Gasteiger charge is -2.12. The minimum atomic E-state index is -0.402. The maximum absolute atomic E-state index is 12.0. The van der Waals surface area contributed by atoms with E-state index in [9.17, 15) is 30.4 Å². The number of rotatable bonds is 9. The molecule has 13 nitrogen and oxygen atoms in total. The molecule has 53 heavy (non-hydrogen) atoms. The molecule has 0 saturated carbocycles. The third-order valence-corrected chi connectivity index (χ3v) is 8.68. The number of phenols is 2. The van der Waals surface area contributed by atoms with Gasteiger partial charge in [0.25, 0.3) is 5.69 Å². The van der Waals surface area contributed by atoms with Gasteiger partial charge in [0.2, 0.25) is 0 Å². The van der Waals surface area contributed by atoms with Gasteiger partial charge in [-0.05, 0) is 92.7 Å². The molecule has 13 heteroatoms. The van der Waals surface area contributed by atoms with Crippen LogP contribution in [0.15, 0.2) is 115 Å². The van der Waals surface area contributed by atoms with Gasteiger partial charge in [0.05, 0.1) is 57.3 Å². The minimum absolute atomic E-state index is 0.0247. The molecule has 0 amide bonds. The van der Waals surface area contributed by atoms with Crippen molar-refractivity contribution in [3.63, 3.8) is 0 Å². The first-order chi connectivity index (χ1) is 25.5. The molecule has 268 valence electrons. The number of hydrogen-bond donors (Lipinski definition) is 3. The Bertz CT molecular complexity index is 2500. The average Bonchev–Trinajstić information content (AvgIpc) is 3.62. The van der Waals surface area contributed by atoms with E-state index in [2.05, 4.69) is 5.32 Å². The number of aromatic hydroxyl groups is 2. The van der Waals surface area contributed by atoms with Gasteiger partial charge in [0, 0.05) is 29.7 Å². The number of nitro groups is 2. The second-order valence-corrected chi connectivity index (χ2v) is 12.0. The van der Waals surface area contributed by atoms with Crippen molar-refractivity contribution in [1.29, 1.82) is 0 Å². The van der Waals surface area contributed by atoms with Crippen LogP contribution in [0.2, 0.25) is 0 Å². The fourth-order valence-corrected chi connectivity index (χ4v) is 6.24. The summed E-state index contributed by atoms with van der Waals surface area (Å²) >= 11 is 0. The maximum Gasteiger partial charge on any atom is 0.302 e. The molecular formula is C40H35N5O8. The van der Waals surface area contributed by atoms with Crippen LogP contribution in [-0.4, -0.2) is 43.4 Å². The molecule has 7 rings (SSSR count). The summed E-state index contributed by atoms with van der Waals surface area (Å²) in [6, 6.07) is 31.4. The van der Waals surface area contributed by atoms with Crippen LogP contribution in [0.3, 0.4) is 0 Å². The highest BCUT2D eigenvalue weighted by Gasteiger charge is 2.27. The molecule has 0 saturated heterocycles. The Morgan fingerprint density at radius 3 is 1.87 bits per heavy atom. The summed E-state index contributed by atoms with van der Waals surface area (Å²) in [5.74, 6) is 1.43. The fraction of sp³-hybridized carbons (Fsp3) is 0.100. The first-order valence-corrected chi connectivity index (χ1v) is 16.3. The van der Waals surface area contributed by atoms with Crippen LogP contribution in [0.1, 0.15) is 17.0 Å². The Morgan fingerprint density at radius 2 is 1.28 bits per heavy atom. The summed E-state index contributed by atoms with van der Waals surface area (Å²) < 4.78 is 14.0. The van der Waals surface area contributed by atoms with Crippen molar-refractivity contribution in [2.45, 2.75) is 13.8 Å². The van der Waals surface area contributed by atoms with E-state index in [4.69, 9.17) is 9.47 Å². The lowest BCUT2D eigenvalue weighted by atomic mass is 10.2. The number of nitrogens with one attached hydrogen (secondary N) is 1. The van der Waals surface area contributed by atoms with Gasteiger partial charge in [-0.3, -0.25) is 20.2 Å². The zero-order valence-electron chi connectivity index (χ0n) is 29.2. The van der Waals surface area contributed by atoms with Gasteiger partial charge < -0.3 is 34.1 Å². The molecule has 7 aromatic rings. The summed E-state index contributed by atoms with van der Waals surface area (Å²) in [5, 5.41) is 47.2. The fourth-order valence-electron chi connectivity index (χ4n) is 6.24. The van der Waals surface area contributed by atoms with Gasteiger partial charge in [-0.1, -0.05) is 29.8 Å². The van der Waals surface area contributed by atoms with Crippen LogP contribution in [0, 0.1) is 34.1 Å². The monoisotopic (exact) mass is 713 g/mol. The van der Waals surface area contributed by atoms with Gasteiger partial charge in [0.1, 0.15) is 28.7 Å². The number of anilines is 1. The second-order valence-electron chi connectivity index (χ2n) is 12.0. The first-order valence-electron chi connectivity index (χ1n) is 16.3. The van der Waals surface area contributed by atoms with E-state index < -0.39 is 9.85 Å². The lowest BCUT2D eigenvalue weighted by molar-refractivity contribution is -0.383. The van der Waals surface area contributed by atoms with Gasteiger partial charge in [0.15, 0.2) is 0 Å². The summed E-state index contributed by atoms with van der Waals surface area (Å²) in [4.78, 5) is 22.6. The first kappa shape index (κ1) is 35.5. The van der Waals surface area contributed by atoms with Crippen molar-refractivity contribution < 1.29 is 29.5 Å². The number of phenolic OH excluding ortho intramolecular Hbond substituents is 2. The van der Waals surface area contributed by atoms with Crippen molar-refractivity contribution in [2.75, 3.05) is 19.5 Å². The highest BCUT2D eigenvalue weighted by Crippen LogP contribution is 2.40. The van der Waals surface area contributed by atoms with Gasteiger partial charge in [-0.25, -0.2) is 0 Å². The van der Waals surface area contributed by atoms with Gasteiger partial charge in [-0.15, -0.1) is 0 Å². The van der Waals surface area contributed by atoms with Crippen LogP contribution >= 0.6 is 0 Å². The van der Waals surface area contributed by atoms with Crippen LogP contribution in [0.25, 0.3) is 39.3 Å². The smallest absolute Gasteiger partial charge is 0.302 e. The Morgan fingerprint density at radius 1 is 0.698 bits per heavy atom. The lowest BCUT2D eigenvalue weighted by Crippen LogP contribution is -2.00. The van der Waals surface area contributed by atoms with E-state index in [1.54, 1.807) is 60.8 Å². The summed E-state index contributed by atoms with van der Waals surface area (Å²) in [7, 11) is 3.15. The average molecular weight is 714 g/mol. The quantitative estimate of drug-likeness (QED) is 0.0976. The second kappa shape index (κ2) is 14.9. The molecule has 0 radical (unpaired) electrons. The molecule has 5 aromatic carbocycles. The van der Waals surface area contributed by atoms with Crippen LogP contribution in [0.5, 0.6) is 23.0 Å². The molecule has 0 unspecified atom stereocenters. The van der Waals surface area contributed by atoms with E-state index in [-0.39, 0.29) is 22.9 Å². The topological polar surface area (TPSA) is 167 Å². The number of nitrogens with zero attached hydrogens (tertiary/aromatic N) is 4. The largest absolute Gasteiger partial charge is 0.508 e. The van der Waals surface area contributed by atoms with Crippen molar-refractivity contribution in [1.82, 2.24) is 9.13 Å². The van der Waals surface area contributed by atoms with Gasteiger partial charge >= 0.3 is 5.69 Å². The standard InChI is InChI=1S/C24H21N3O4.C16H14N2O4/c1-16-3-7-18(8-4-16)26-22(13-14-25-17-5-10-20(31-2)11-6-17)24(27(29)30)21-12-9-19(28)15-23(21)26;1-10-16(18(20)21)12-8-7-11(19)9-14(12)17(10)13-5-3-4-6-15(13)22-2/h3-15,25,28H,1-2H3;3-9,19H,1-2H3. The molecular weight excluding hydrogens is 678 g/mol. The number of hydrogen-bond acceptors (Lipinski definition) is 9. The Hall–Kier alpha value is -7.28. The zero-order chi connectivity index (χ0) is 37.8. The Labute approximate surface area is 303 Å². The number of benzene rings is 5. The Kier molecular flexibility index (Phi) is 10.00. The van der Waals surface area contributed by atoms with E-state index >= 15 is 0 Å². The summed E-state index contributed by atoms with van der Waals surface area (Å²) in [6.07, 6.45) is 3.33. The van der Waals surface area contributed by atoms with Crippen LogP contribution in [0.4, 0.5) is 17.1 Å². The third kappa shape index (κ3) is 7.03. The molecule has 0 bridgehead atoms. The molecule has 2 heterocycles. The predicted molar refractivity (Wildman–Crippen MR) is 205 cm³/mol. The number of ether oxygens (including phenoxy) is 2. The normalized spacial score (nSPS) is 11.0. The van der Waals surface area contributed by atoms with E-state index in [0.717, 1.165) is 22.7 Å². The van der Waals surface area contributed by atoms with E-state index in [0.29, 0.717) is 44.6 Å². The number of fused-ring (bicyclic) bond motifs is 2. The minimum Gasteiger partial charge on any atom is -0.508 e. The zero-order valence-corrected chi connectivity index (χ0v) is 29.2. The van der Waals surface area contributed by atoms with Crippen LogP contribution in [-0.2, 0) is 0 Å². The van der Waals surface area contributed by atoms with E-state index in [1.807, 2.05) is 73.7 Å². The molecule has 3 N–H and O–H groups in total. The molecule has 0 aliphatic heterocycles. The summed E-state index contributed by atoms with van der Waals surface area (Å²) in [5.41, 5.74) is 5.35. The third-order valence-electron chi connectivity index (χ3n) is 8.68. The highest BCUT2D eigenvalue weighted by molar-refractivity contribution is 5.97. The Balaban J connectivity index is 0.000000192. The number of para-hydroxylation sites is 2. The molecule has 0 atom stereocenters. The number of aryl methyl sites for hydroxylation is 1. The number of methoxy groups -OCH3 is 2. The summed E-state index contributed by atoms with van der Waals surface area (Å²) in [6.45, 7) is 3.66. The van der Waals surface area contributed by atoms with Crippen molar-refractivity contribution in [2.24, 2.45) is 0 Å². The predicted octanol–water partition coefficient (Wildman–Crippen LogP) is 9.21. The number of aromatic nitrogens is 2.